The molecule has 122 valence electrons. The highest BCUT2D eigenvalue weighted by Crippen LogP contribution is 2.16. The Balaban J connectivity index is 1.87. The second-order valence-electron chi connectivity index (χ2n) is 5.69. The molecule has 1 heterocycles. The zero-order chi connectivity index (χ0) is 16.9. The van der Waals surface area contributed by atoms with Crippen LogP contribution in [-0.2, 0) is 13.1 Å². The lowest BCUT2D eigenvalue weighted by molar-refractivity contribution is 0.0717. The number of halogens is 1. The van der Waals surface area contributed by atoms with E-state index in [0.29, 0.717) is 30.0 Å². The lowest BCUT2D eigenvalue weighted by Gasteiger charge is -2.22. The molecular formula is C20H18FNO2. The highest BCUT2D eigenvalue weighted by atomic mass is 19.1. The van der Waals surface area contributed by atoms with E-state index in [4.69, 9.17) is 4.42 Å². The van der Waals surface area contributed by atoms with Gasteiger partial charge in [0.05, 0.1) is 12.8 Å². The molecule has 0 atom stereocenters. The Bertz CT molecular complexity index is 813. The first-order valence-corrected chi connectivity index (χ1v) is 7.75. The molecule has 24 heavy (non-hydrogen) atoms. The molecule has 1 aromatic heterocycles. The molecule has 0 fully saturated rings. The number of hydrogen-bond acceptors (Lipinski definition) is 2. The lowest BCUT2D eigenvalue weighted by Crippen LogP contribution is -2.30. The van der Waals surface area contributed by atoms with Gasteiger partial charge in [-0.05, 0) is 42.3 Å². The number of carbonyl (C=O) groups is 1. The molecule has 0 radical (unpaired) electrons. The van der Waals surface area contributed by atoms with E-state index in [1.54, 1.807) is 36.3 Å². The number of furan rings is 1. The van der Waals surface area contributed by atoms with Gasteiger partial charge in [-0.2, -0.15) is 0 Å². The standard InChI is InChI=1S/C20H18FNO2/c1-15-9-10-17(12-19(15)21)20(23)22(14-18-8-5-11-24-18)13-16-6-3-2-4-7-16/h2-12H,13-14H2,1H3. The topological polar surface area (TPSA) is 33.5 Å². The van der Waals surface area contributed by atoms with Gasteiger partial charge in [-0.15, -0.1) is 0 Å². The largest absolute Gasteiger partial charge is 0.467 e. The van der Waals surface area contributed by atoms with Gasteiger partial charge in [0.1, 0.15) is 11.6 Å². The van der Waals surface area contributed by atoms with Crippen LogP contribution in [0.15, 0.2) is 71.3 Å². The molecule has 0 aliphatic heterocycles. The van der Waals surface area contributed by atoms with Crippen molar-refractivity contribution < 1.29 is 13.6 Å². The third-order valence-electron chi connectivity index (χ3n) is 3.85. The normalized spacial score (nSPS) is 10.6. The molecule has 1 amide bonds. The molecule has 0 unspecified atom stereocenters. The predicted octanol–water partition coefficient (Wildman–Crippen LogP) is 4.57. The molecule has 3 rings (SSSR count). The van der Waals surface area contributed by atoms with Crippen LogP contribution in [0.2, 0.25) is 0 Å². The summed E-state index contributed by atoms with van der Waals surface area (Å²) in [6.45, 7) is 2.43. The molecule has 0 saturated heterocycles. The van der Waals surface area contributed by atoms with E-state index in [0.717, 1.165) is 5.56 Å². The average molecular weight is 323 g/mol. The predicted molar refractivity (Wildman–Crippen MR) is 89.9 cm³/mol. The quantitative estimate of drug-likeness (QED) is 0.689. The van der Waals surface area contributed by atoms with E-state index < -0.39 is 0 Å². The molecule has 3 aromatic rings. The van der Waals surface area contributed by atoms with Crippen LogP contribution >= 0.6 is 0 Å². The van der Waals surface area contributed by atoms with E-state index in [2.05, 4.69) is 0 Å². The zero-order valence-corrected chi connectivity index (χ0v) is 13.4. The molecule has 2 aromatic carbocycles. The van der Waals surface area contributed by atoms with Crippen molar-refractivity contribution in [2.24, 2.45) is 0 Å². The van der Waals surface area contributed by atoms with Crippen molar-refractivity contribution >= 4 is 5.91 Å². The smallest absolute Gasteiger partial charge is 0.254 e. The van der Waals surface area contributed by atoms with Crippen LogP contribution in [0.3, 0.4) is 0 Å². The van der Waals surface area contributed by atoms with Gasteiger partial charge in [0.15, 0.2) is 0 Å². The molecule has 0 saturated carbocycles. The Morgan fingerprint density at radius 3 is 2.50 bits per heavy atom. The summed E-state index contributed by atoms with van der Waals surface area (Å²) >= 11 is 0. The van der Waals surface area contributed by atoms with Crippen molar-refractivity contribution in [1.82, 2.24) is 4.90 Å². The molecule has 0 aliphatic rings. The van der Waals surface area contributed by atoms with Gasteiger partial charge < -0.3 is 9.32 Å². The minimum absolute atomic E-state index is 0.228. The second-order valence-corrected chi connectivity index (χ2v) is 5.69. The Kier molecular flexibility index (Phi) is 4.75. The van der Waals surface area contributed by atoms with Gasteiger partial charge in [0, 0.05) is 12.1 Å². The molecule has 4 heteroatoms. The van der Waals surface area contributed by atoms with Crippen molar-refractivity contribution in [2.75, 3.05) is 0 Å². The SMILES string of the molecule is Cc1ccc(C(=O)N(Cc2ccccc2)Cc2ccco2)cc1F. The van der Waals surface area contributed by atoms with Crippen LogP contribution < -0.4 is 0 Å². The number of rotatable bonds is 5. The molecule has 0 bridgehead atoms. The highest BCUT2D eigenvalue weighted by molar-refractivity contribution is 5.94. The first-order chi connectivity index (χ1) is 11.6. The first kappa shape index (κ1) is 16.0. The summed E-state index contributed by atoms with van der Waals surface area (Å²) in [5.74, 6) is 0.0829. The third kappa shape index (κ3) is 3.71. The van der Waals surface area contributed by atoms with Crippen molar-refractivity contribution in [3.63, 3.8) is 0 Å². The van der Waals surface area contributed by atoms with E-state index in [-0.39, 0.29) is 11.7 Å². The summed E-state index contributed by atoms with van der Waals surface area (Å²) in [6, 6.07) is 17.9. The molecular weight excluding hydrogens is 305 g/mol. The van der Waals surface area contributed by atoms with E-state index in [1.165, 1.54) is 6.07 Å². The van der Waals surface area contributed by atoms with Crippen LogP contribution in [-0.4, -0.2) is 10.8 Å². The van der Waals surface area contributed by atoms with Crippen molar-refractivity contribution in [3.05, 3.63) is 95.2 Å². The number of benzene rings is 2. The minimum atomic E-state index is -0.376. The summed E-state index contributed by atoms with van der Waals surface area (Å²) < 4.78 is 19.2. The number of aryl methyl sites for hydroxylation is 1. The molecule has 0 aliphatic carbocycles. The third-order valence-corrected chi connectivity index (χ3v) is 3.85. The zero-order valence-electron chi connectivity index (χ0n) is 13.4. The number of nitrogens with zero attached hydrogens (tertiary/aromatic N) is 1. The Hall–Kier alpha value is -2.88. The van der Waals surface area contributed by atoms with Crippen LogP contribution in [0.5, 0.6) is 0 Å². The Morgan fingerprint density at radius 2 is 1.83 bits per heavy atom. The van der Waals surface area contributed by atoms with E-state index in [1.807, 2.05) is 36.4 Å². The van der Waals surface area contributed by atoms with Gasteiger partial charge in [-0.1, -0.05) is 36.4 Å². The maximum Gasteiger partial charge on any atom is 0.254 e. The van der Waals surface area contributed by atoms with Crippen molar-refractivity contribution in [3.8, 4) is 0 Å². The second kappa shape index (κ2) is 7.13. The van der Waals surface area contributed by atoms with Gasteiger partial charge in [0.2, 0.25) is 0 Å². The van der Waals surface area contributed by atoms with Crippen LogP contribution in [0.25, 0.3) is 0 Å². The highest BCUT2D eigenvalue weighted by Gasteiger charge is 2.18. The van der Waals surface area contributed by atoms with Gasteiger partial charge in [-0.25, -0.2) is 4.39 Å². The maximum absolute atomic E-state index is 13.8. The summed E-state index contributed by atoms with van der Waals surface area (Å²) in [7, 11) is 0. The summed E-state index contributed by atoms with van der Waals surface area (Å²) in [6.07, 6.45) is 1.58. The van der Waals surface area contributed by atoms with Crippen LogP contribution in [0, 0.1) is 12.7 Å². The van der Waals surface area contributed by atoms with Crippen molar-refractivity contribution in [1.29, 1.82) is 0 Å². The maximum atomic E-state index is 13.8. The van der Waals surface area contributed by atoms with Gasteiger partial charge in [-0.3, -0.25) is 4.79 Å². The number of carbonyl (C=O) groups excluding carboxylic acids is 1. The Morgan fingerprint density at radius 1 is 1.04 bits per heavy atom. The monoisotopic (exact) mass is 323 g/mol. The molecule has 0 N–H and O–H groups in total. The van der Waals surface area contributed by atoms with E-state index in [9.17, 15) is 9.18 Å². The van der Waals surface area contributed by atoms with Gasteiger partial charge in [0.25, 0.3) is 5.91 Å². The summed E-state index contributed by atoms with van der Waals surface area (Å²) in [4.78, 5) is 14.5. The fraction of sp³-hybridized carbons (Fsp3) is 0.150. The molecule has 0 spiro atoms. The van der Waals surface area contributed by atoms with E-state index >= 15 is 0 Å². The first-order valence-electron chi connectivity index (χ1n) is 7.75. The number of amides is 1. The average Bonchev–Trinajstić information content (AvgIpc) is 3.10. The summed E-state index contributed by atoms with van der Waals surface area (Å²) in [5, 5.41) is 0. The molecule has 3 nitrogen and oxygen atoms in total. The van der Waals surface area contributed by atoms with Crippen LogP contribution in [0.4, 0.5) is 4.39 Å². The summed E-state index contributed by atoms with van der Waals surface area (Å²) in [5.41, 5.74) is 1.86. The fourth-order valence-corrected chi connectivity index (χ4v) is 2.50. The van der Waals surface area contributed by atoms with Crippen molar-refractivity contribution in [2.45, 2.75) is 20.0 Å². The number of hydrogen-bond donors (Lipinski definition) is 0. The Labute approximate surface area is 140 Å². The van der Waals surface area contributed by atoms with Crippen LogP contribution in [0.1, 0.15) is 27.2 Å². The fourth-order valence-electron chi connectivity index (χ4n) is 2.50. The lowest BCUT2D eigenvalue weighted by atomic mass is 10.1. The minimum Gasteiger partial charge on any atom is -0.467 e. The van der Waals surface area contributed by atoms with Gasteiger partial charge >= 0.3 is 0 Å².